The molecule has 0 radical (unpaired) electrons. The van der Waals surface area contributed by atoms with E-state index in [1.807, 2.05) is 0 Å². The van der Waals surface area contributed by atoms with Crippen LogP contribution in [0.1, 0.15) is 22.7 Å². The van der Waals surface area contributed by atoms with E-state index in [2.05, 4.69) is 10.1 Å². The number of esters is 1. The van der Waals surface area contributed by atoms with E-state index in [-0.39, 0.29) is 40.9 Å². The molecule has 1 fully saturated rings. The third-order valence-corrected chi connectivity index (χ3v) is 7.81. The van der Waals surface area contributed by atoms with Crippen molar-refractivity contribution in [1.82, 2.24) is 10.1 Å². The maximum atomic E-state index is 13.0. The lowest BCUT2D eigenvalue weighted by atomic mass is 10.2. The zero-order valence-corrected chi connectivity index (χ0v) is 17.3. The van der Waals surface area contributed by atoms with Crippen LogP contribution in [0.4, 0.5) is 4.39 Å². The number of hydrogen-bond acceptors (Lipinski definition) is 8. The topological polar surface area (TPSA) is 99.4 Å². The molecule has 0 bridgehead atoms. The molecule has 30 heavy (non-hydrogen) atoms. The molecule has 1 aliphatic heterocycles. The summed E-state index contributed by atoms with van der Waals surface area (Å²) in [5.74, 6) is -0.294. The minimum atomic E-state index is -3.00. The number of carbonyl (C=O) groups is 1. The van der Waals surface area contributed by atoms with Crippen LogP contribution in [0.3, 0.4) is 0 Å². The first kappa shape index (κ1) is 20.5. The van der Waals surface area contributed by atoms with Gasteiger partial charge in [0.05, 0.1) is 17.1 Å². The van der Waals surface area contributed by atoms with Gasteiger partial charge in [-0.1, -0.05) is 17.3 Å². The van der Waals surface area contributed by atoms with Crippen LogP contribution in [0.15, 0.2) is 57.9 Å². The van der Waals surface area contributed by atoms with Crippen molar-refractivity contribution in [2.75, 3.05) is 11.5 Å². The van der Waals surface area contributed by atoms with Crippen LogP contribution in [-0.2, 0) is 21.2 Å². The molecule has 0 aliphatic carbocycles. The summed E-state index contributed by atoms with van der Waals surface area (Å²) in [5.41, 5.74) is 0.927. The second-order valence-electron chi connectivity index (χ2n) is 6.73. The van der Waals surface area contributed by atoms with E-state index >= 15 is 0 Å². The highest BCUT2D eigenvalue weighted by Gasteiger charge is 2.29. The third kappa shape index (κ3) is 4.88. The number of halogens is 1. The van der Waals surface area contributed by atoms with E-state index in [0.29, 0.717) is 22.4 Å². The lowest BCUT2D eigenvalue weighted by Gasteiger charge is -2.11. The highest BCUT2D eigenvalue weighted by Crippen LogP contribution is 2.33. The SMILES string of the molecule is O=C(OCc1nc(-c2ccc(F)cc2)no1)c1ccccc1S[C@H]1CCS(=O)(=O)C1. The molecular weight excluding hydrogens is 431 g/mol. The minimum absolute atomic E-state index is 0.0850. The smallest absolute Gasteiger partial charge is 0.339 e. The zero-order chi connectivity index (χ0) is 21.1. The first-order valence-electron chi connectivity index (χ1n) is 9.11. The Bertz CT molecular complexity index is 1160. The van der Waals surface area contributed by atoms with Crippen LogP contribution in [0.2, 0.25) is 0 Å². The Morgan fingerprint density at radius 2 is 1.97 bits per heavy atom. The van der Waals surface area contributed by atoms with Crippen molar-refractivity contribution >= 4 is 27.6 Å². The zero-order valence-electron chi connectivity index (χ0n) is 15.7. The van der Waals surface area contributed by atoms with Crippen LogP contribution in [0.25, 0.3) is 11.4 Å². The Morgan fingerprint density at radius 3 is 2.70 bits per heavy atom. The highest BCUT2D eigenvalue weighted by atomic mass is 32.2. The molecule has 1 atom stereocenters. The van der Waals surface area contributed by atoms with Crippen molar-refractivity contribution in [1.29, 1.82) is 0 Å². The quantitative estimate of drug-likeness (QED) is 0.528. The summed E-state index contributed by atoms with van der Waals surface area (Å²) in [6.07, 6.45) is 0.560. The molecule has 1 aromatic heterocycles. The van der Waals surface area contributed by atoms with Gasteiger partial charge in [-0.15, -0.1) is 11.8 Å². The fraction of sp³-hybridized carbons (Fsp3) is 0.250. The van der Waals surface area contributed by atoms with Crippen LogP contribution < -0.4 is 0 Å². The van der Waals surface area contributed by atoms with E-state index in [9.17, 15) is 17.6 Å². The number of sulfone groups is 1. The maximum absolute atomic E-state index is 13.0. The summed E-state index contributed by atoms with van der Waals surface area (Å²) < 4.78 is 46.8. The van der Waals surface area contributed by atoms with E-state index in [1.165, 1.54) is 36.0 Å². The summed E-state index contributed by atoms with van der Waals surface area (Å²) in [7, 11) is -3.00. The molecule has 1 aliphatic rings. The van der Waals surface area contributed by atoms with Gasteiger partial charge in [-0.05, 0) is 42.8 Å². The van der Waals surface area contributed by atoms with E-state index in [1.54, 1.807) is 24.3 Å². The molecule has 2 aromatic carbocycles. The average molecular weight is 448 g/mol. The van der Waals surface area contributed by atoms with Gasteiger partial charge in [0.1, 0.15) is 5.82 Å². The summed E-state index contributed by atoms with van der Waals surface area (Å²) in [6, 6.07) is 12.5. The van der Waals surface area contributed by atoms with Crippen molar-refractivity contribution < 1.29 is 26.9 Å². The minimum Gasteiger partial charge on any atom is -0.452 e. The summed E-state index contributed by atoms with van der Waals surface area (Å²) in [4.78, 5) is 17.4. The molecule has 0 unspecified atom stereocenters. The first-order valence-corrected chi connectivity index (χ1v) is 11.8. The monoisotopic (exact) mass is 448 g/mol. The van der Waals surface area contributed by atoms with Crippen LogP contribution in [-0.4, -0.2) is 41.3 Å². The molecule has 0 spiro atoms. The van der Waals surface area contributed by atoms with Gasteiger partial charge >= 0.3 is 5.97 Å². The van der Waals surface area contributed by atoms with Gasteiger partial charge in [0.2, 0.25) is 5.82 Å². The van der Waals surface area contributed by atoms with Gasteiger partial charge in [0, 0.05) is 15.7 Å². The fourth-order valence-corrected chi connectivity index (χ4v) is 6.62. The Balaban J connectivity index is 1.41. The second-order valence-corrected chi connectivity index (χ2v) is 10.3. The number of benzene rings is 2. The number of aromatic nitrogens is 2. The Labute approximate surface area is 176 Å². The van der Waals surface area contributed by atoms with E-state index < -0.39 is 15.8 Å². The number of ether oxygens (including phenoxy) is 1. The molecule has 156 valence electrons. The van der Waals surface area contributed by atoms with Crippen molar-refractivity contribution in [3.8, 4) is 11.4 Å². The summed E-state index contributed by atoms with van der Waals surface area (Å²) in [6.45, 7) is -0.218. The van der Waals surface area contributed by atoms with Gasteiger partial charge in [-0.25, -0.2) is 17.6 Å². The lowest BCUT2D eigenvalue weighted by Crippen LogP contribution is -2.10. The number of hydrogen-bond donors (Lipinski definition) is 0. The van der Waals surface area contributed by atoms with Crippen LogP contribution >= 0.6 is 11.8 Å². The Hall–Kier alpha value is -2.72. The van der Waals surface area contributed by atoms with Gasteiger partial charge < -0.3 is 9.26 Å². The van der Waals surface area contributed by atoms with Crippen molar-refractivity contribution in [2.24, 2.45) is 0 Å². The van der Waals surface area contributed by atoms with Crippen LogP contribution in [0, 0.1) is 5.82 Å². The average Bonchev–Trinajstić information content (AvgIpc) is 3.33. The molecule has 3 aromatic rings. The molecule has 2 heterocycles. The predicted molar refractivity (Wildman–Crippen MR) is 108 cm³/mol. The van der Waals surface area contributed by atoms with Gasteiger partial charge in [-0.2, -0.15) is 4.98 Å². The van der Waals surface area contributed by atoms with Gasteiger partial charge in [0.15, 0.2) is 16.4 Å². The third-order valence-electron chi connectivity index (χ3n) is 4.49. The lowest BCUT2D eigenvalue weighted by molar-refractivity contribution is 0.0425. The molecule has 10 heteroatoms. The number of carbonyl (C=O) groups excluding carboxylic acids is 1. The van der Waals surface area contributed by atoms with Gasteiger partial charge in [0.25, 0.3) is 5.89 Å². The van der Waals surface area contributed by atoms with Crippen LogP contribution in [0.5, 0.6) is 0 Å². The number of nitrogens with zero attached hydrogens (tertiary/aromatic N) is 2. The largest absolute Gasteiger partial charge is 0.452 e. The molecule has 1 saturated heterocycles. The number of thioether (sulfide) groups is 1. The maximum Gasteiger partial charge on any atom is 0.339 e. The molecule has 7 nitrogen and oxygen atoms in total. The molecule has 0 N–H and O–H groups in total. The van der Waals surface area contributed by atoms with E-state index in [4.69, 9.17) is 9.26 Å². The summed E-state index contributed by atoms with van der Waals surface area (Å²) >= 11 is 1.37. The van der Waals surface area contributed by atoms with E-state index in [0.717, 1.165) is 0 Å². The predicted octanol–water partition coefficient (Wildman–Crippen LogP) is 3.51. The highest BCUT2D eigenvalue weighted by molar-refractivity contribution is 8.02. The normalized spacial score (nSPS) is 17.7. The Kier molecular flexibility index (Phi) is 5.87. The molecule has 4 rings (SSSR count). The van der Waals surface area contributed by atoms with Gasteiger partial charge in [-0.3, -0.25) is 0 Å². The van der Waals surface area contributed by atoms with Crippen molar-refractivity contribution in [2.45, 2.75) is 23.2 Å². The molecular formula is C20H17FN2O5S2. The molecule has 0 saturated carbocycles. The molecule has 0 amide bonds. The summed E-state index contributed by atoms with van der Waals surface area (Å²) in [5, 5.41) is 3.72. The van der Waals surface area contributed by atoms with Crippen molar-refractivity contribution in [3.05, 3.63) is 65.8 Å². The second kappa shape index (κ2) is 8.57. The first-order chi connectivity index (χ1) is 14.4. The standard InChI is InChI=1S/C20H17FN2O5S2/c21-14-7-5-13(6-8-14)19-22-18(28-23-19)11-27-20(24)16-3-1-2-4-17(16)29-15-9-10-30(25,26)12-15/h1-8,15H,9-12H2/t15-/m0/s1. The number of rotatable bonds is 6. The Morgan fingerprint density at radius 1 is 1.20 bits per heavy atom. The fourth-order valence-electron chi connectivity index (χ4n) is 3.01. The van der Waals surface area contributed by atoms with Crippen molar-refractivity contribution in [3.63, 3.8) is 0 Å².